The molecule has 134 valence electrons. The van der Waals surface area contributed by atoms with E-state index in [0.29, 0.717) is 0 Å². The standard InChI is InChI=1S/C21H24N4O/c1-13(2)18(20-23-16-10-3-4-11-17(16)24-20)25-21(26)15-9-5-7-14-8-6-12-22-19(14)15/h3-4,6,8,10-13,15,18H,5,7,9H2,1-2H3,(H,23,24)(H,25,26)/t15-,18-/m0/s1. The monoisotopic (exact) mass is 348 g/mol. The Morgan fingerprint density at radius 2 is 2.08 bits per heavy atom. The van der Waals surface area contributed by atoms with Gasteiger partial charge >= 0.3 is 0 Å². The molecule has 0 fully saturated rings. The van der Waals surface area contributed by atoms with Crippen LogP contribution in [0, 0.1) is 5.92 Å². The topological polar surface area (TPSA) is 70.7 Å². The number of para-hydroxylation sites is 2. The first kappa shape index (κ1) is 16.8. The molecule has 2 aromatic heterocycles. The number of nitrogens with one attached hydrogen (secondary N) is 2. The number of aryl methyl sites for hydroxylation is 1. The van der Waals surface area contributed by atoms with Gasteiger partial charge in [-0.05, 0) is 48.9 Å². The third-order valence-electron chi connectivity index (χ3n) is 5.18. The van der Waals surface area contributed by atoms with Gasteiger partial charge in [0.15, 0.2) is 0 Å². The lowest BCUT2D eigenvalue weighted by molar-refractivity contribution is -0.124. The van der Waals surface area contributed by atoms with E-state index in [4.69, 9.17) is 4.98 Å². The van der Waals surface area contributed by atoms with E-state index in [1.165, 1.54) is 5.56 Å². The zero-order valence-corrected chi connectivity index (χ0v) is 15.2. The third-order valence-corrected chi connectivity index (χ3v) is 5.18. The van der Waals surface area contributed by atoms with Gasteiger partial charge < -0.3 is 10.3 Å². The number of aromatic amines is 1. The predicted molar refractivity (Wildman–Crippen MR) is 102 cm³/mol. The molecule has 0 saturated heterocycles. The highest BCUT2D eigenvalue weighted by Gasteiger charge is 2.31. The molecule has 0 bridgehead atoms. The summed E-state index contributed by atoms with van der Waals surface area (Å²) >= 11 is 0. The highest BCUT2D eigenvalue weighted by molar-refractivity contribution is 5.84. The minimum atomic E-state index is -0.175. The van der Waals surface area contributed by atoms with Crippen molar-refractivity contribution in [3.63, 3.8) is 0 Å². The van der Waals surface area contributed by atoms with Crippen LogP contribution in [-0.4, -0.2) is 20.9 Å². The molecule has 0 spiro atoms. The molecule has 1 amide bonds. The van der Waals surface area contributed by atoms with Crippen molar-refractivity contribution < 1.29 is 4.79 Å². The molecule has 0 aliphatic heterocycles. The van der Waals surface area contributed by atoms with E-state index in [1.807, 2.05) is 30.3 Å². The third kappa shape index (κ3) is 3.09. The lowest BCUT2D eigenvalue weighted by atomic mass is 9.85. The van der Waals surface area contributed by atoms with Gasteiger partial charge in [-0.1, -0.05) is 32.0 Å². The van der Waals surface area contributed by atoms with Crippen LogP contribution in [-0.2, 0) is 11.2 Å². The van der Waals surface area contributed by atoms with Crippen LogP contribution in [0.5, 0.6) is 0 Å². The van der Waals surface area contributed by atoms with Crippen molar-refractivity contribution in [3.05, 3.63) is 59.7 Å². The molecule has 2 heterocycles. The fourth-order valence-corrected chi connectivity index (χ4v) is 3.79. The summed E-state index contributed by atoms with van der Waals surface area (Å²) < 4.78 is 0. The summed E-state index contributed by atoms with van der Waals surface area (Å²) in [4.78, 5) is 25.6. The highest BCUT2D eigenvalue weighted by Crippen LogP contribution is 2.31. The van der Waals surface area contributed by atoms with Gasteiger partial charge in [0, 0.05) is 6.20 Å². The van der Waals surface area contributed by atoms with E-state index in [9.17, 15) is 4.79 Å². The summed E-state index contributed by atoms with van der Waals surface area (Å²) in [6.45, 7) is 4.20. The maximum atomic E-state index is 13.1. The van der Waals surface area contributed by atoms with Gasteiger partial charge in [0.1, 0.15) is 5.82 Å². The number of hydrogen-bond acceptors (Lipinski definition) is 3. The molecular formula is C21H24N4O. The Kier molecular flexibility index (Phi) is 4.45. The summed E-state index contributed by atoms with van der Waals surface area (Å²) in [7, 11) is 0. The number of pyridine rings is 1. The Balaban J connectivity index is 1.60. The van der Waals surface area contributed by atoms with Crippen LogP contribution in [0.25, 0.3) is 11.0 Å². The van der Waals surface area contributed by atoms with Gasteiger partial charge in [0.25, 0.3) is 0 Å². The highest BCUT2D eigenvalue weighted by atomic mass is 16.2. The SMILES string of the molecule is CC(C)[C@H](NC(=O)[C@H]1CCCc2cccnc21)c1nc2ccccc2[nH]1. The van der Waals surface area contributed by atoms with Gasteiger partial charge in [-0.2, -0.15) is 0 Å². The van der Waals surface area contributed by atoms with Crippen LogP contribution in [0.3, 0.4) is 0 Å². The first-order valence-corrected chi connectivity index (χ1v) is 9.32. The second-order valence-electron chi connectivity index (χ2n) is 7.36. The van der Waals surface area contributed by atoms with Crippen molar-refractivity contribution in [2.75, 3.05) is 0 Å². The zero-order chi connectivity index (χ0) is 18.1. The number of carbonyl (C=O) groups is 1. The molecule has 5 nitrogen and oxygen atoms in total. The van der Waals surface area contributed by atoms with Crippen LogP contribution >= 0.6 is 0 Å². The van der Waals surface area contributed by atoms with E-state index in [1.54, 1.807) is 6.20 Å². The molecule has 1 aliphatic rings. The molecule has 2 N–H and O–H groups in total. The maximum absolute atomic E-state index is 13.1. The van der Waals surface area contributed by atoms with Crippen molar-refractivity contribution in [3.8, 4) is 0 Å². The van der Waals surface area contributed by atoms with Gasteiger partial charge in [-0.3, -0.25) is 9.78 Å². The summed E-state index contributed by atoms with van der Waals surface area (Å²) in [5.41, 5.74) is 4.05. The molecule has 0 saturated carbocycles. The van der Waals surface area contributed by atoms with Crippen LogP contribution in [0.2, 0.25) is 0 Å². The molecule has 2 atom stereocenters. The van der Waals surface area contributed by atoms with Crippen molar-refractivity contribution in [1.29, 1.82) is 0 Å². The number of H-pyrrole nitrogens is 1. The molecule has 4 rings (SSSR count). The molecule has 1 aliphatic carbocycles. The van der Waals surface area contributed by atoms with Crippen LogP contribution < -0.4 is 5.32 Å². The molecule has 3 aromatic rings. The first-order valence-electron chi connectivity index (χ1n) is 9.32. The summed E-state index contributed by atoms with van der Waals surface area (Å²) in [6, 6.07) is 11.8. The van der Waals surface area contributed by atoms with E-state index in [2.05, 4.69) is 35.2 Å². The minimum Gasteiger partial charge on any atom is -0.345 e. The number of benzene rings is 1. The van der Waals surface area contributed by atoms with Crippen molar-refractivity contribution in [2.45, 2.75) is 45.1 Å². The molecule has 5 heteroatoms. The van der Waals surface area contributed by atoms with Crippen molar-refractivity contribution >= 4 is 16.9 Å². The second kappa shape index (κ2) is 6.90. The van der Waals surface area contributed by atoms with Crippen LogP contribution in [0.1, 0.15) is 55.7 Å². The molecular weight excluding hydrogens is 324 g/mol. The number of imidazole rings is 1. The number of nitrogens with zero attached hydrogens (tertiary/aromatic N) is 2. The maximum Gasteiger partial charge on any atom is 0.229 e. The lowest BCUT2D eigenvalue weighted by Gasteiger charge is -2.27. The molecule has 26 heavy (non-hydrogen) atoms. The minimum absolute atomic E-state index is 0.0452. The van der Waals surface area contributed by atoms with E-state index in [0.717, 1.165) is 41.8 Å². The lowest BCUT2D eigenvalue weighted by Crippen LogP contribution is -2.37. The van der Waals surface area contributed by atoms with E-state index >= 15 is 0 Å². The van der Waals surface area contributed by atoms with Crippen molar-refractivity contribution in [1.82, 2.24) is 20.3 Å². The van der Waals surface area contributed by atoms with Crippen LogP contribution in [0.15, 0.2) is 42.6 Å². The number of carbonyl (C=O) groups excluding carboxylic acids is 1. The number of hydrogen-bond donors (Lipinski definition) is 2. The van der Waals surface area contributed by atoms with Gasteiger partial charge in [-0.15, -0.1) is 0 Å². The Hall–Kier alpha value is -2.69. The van der Waals surface area contributed by atoms with Gasteiger partial charge in [0.2, 0.25) is 5.91 Å². The zero-order valence-electron chi connectivity index (χ0n) is 15.2. The molecule has 0 radical (unpaired) electrons. The van der Waals surface area contributed by atoms with Crippen LogP contribution in [0.4, 0.5) is 0 Å². The largest absolute Gasteiger partial charge is 0.345 e. The Labute approximate surface area is 153 Å². The Bertz CT molecular complexity index is 897. The summed E-state index contributed by atoms with van der Waals surface area (Å²) in [5, 5.41) is 3.23. The number of aromatic nitrogens is 3. The quantitative estimate of drug-likeness (QED) is 0.751. The average Bonchev–Trinajstić information content (AvgIpc) is 3.08. The number of amides is 1. The molecule has 1 aromatic carbocycles. The fourth-order valence-electron chi connectivity index (χ4n) is 3.79. The normalized spacial score (nSPS) is 17.9. The fraction of sp³-hybridized carbons (Fsp3) is 0.381. The van der Waals surface area contributed by atoms with E-state index in [-0.39, 0.29) is 23.8 Å². The second-order valence-corrected chi connectivity index (χ2v) is 7.36. The van der Waals surface area contributed by atoms with Crippen molar-refractivity contribution in [2.24, 2.45) is 5.92 Å². The van der Waals surface area contributed by atoms with Gasteiger partial charge in [-0.25, -0.2) is 4.98 Å². The van der Waals surface area contributed by atoms with E-state index < -0.39 is 0 Å². The Morgan fingerprint density at radius 3 is 2.88 bits per heavy atom. The smallest absolute Gasteiger partial charge is 0.229 e. The Morgan fingerprint density at radius 1 is 1.23 bits per heavy atom. The average molecular weight is 348 g/mol. The van der Waals surface area contributed by atoms with Gasteiger partial charge in [0.05, 0.1) is 28.7 Å². The first-order chi connectivity index (χ1) is 12.6. The number of fused-ring (bicyclic) bond motifs is 2. The summed E-state index contributed by atoms with van der Waals surface area (Å²) in [6.07, 6.45) is 4.66. The number of rotatable bonds is 4. The summed E-state index contributed by atoms with van der Waals surface area (Å²) in [5.74, 6) is 0.910. The predicted octanol–water partition coefficient (Wildman–Crippen LogP) is 3.89. The molecule has 0 unspecified atom stereocenters.